The van der Waals surface area contributed by atoms with Crippen LogP contribution in [0.4, 0.5) is 0 Å². The molecule has 200 valence electrons. The maximum Gasteiger partial charge on any atom is 0.326 e. The fourth-order valence-electron chi connectivity index (χ4n) is 2.89. The van der Waals surface area contributed by atoms with Gasteiger partial charge in [-0.1, -0.05) is 0 Å². The van der Waals surface area contributed by atoms with E-state index in [1.165, 1.54) is 11.8 Å². The number of hydrogen-bond acceptors (Lipinski definition) is 9. The molecule has 4 unspecified atom stereocenters. The Morgan fingerprint density at radius 2 is 1.37 bits per heavy atom. The van der Waals surface area contributed by atoms with Crippen molar-refractivity contribution in [2.45, 2.75) is 69.1 Å². The first kappa shape index (κ1) is 32.1. The molecular formula is C20H36N6O8S. The maximum atomic E-state index is 12.9. The van der Waals surface area contributed by atoms with Crippen molar-refractivity contribution in [2.24, 2.45) is 17.2 Å². The molecular weight excluding hydrogens is 484 g/mol. The highest BCUT2D eigenvalue weighted by atomic mass is 32.2. The summed E-state index contributed by atoms with van der Waals surface area (Å²) in [5.74, 6) is -5.45. The van der Waals surface area contributed by atoms with Crippen LogP contribution in [0, 0.1) is 0 Å². The van der Waals surface area contributed by atoms with Crippen LogP contribution >= 0.6 is 11.8 Å². The van der Waals surface area contributed by atoms with Crippen molar-refractivity contribution < 1.29 is 39.0 Å². The van der Waals surface area contributed by atoms with Crippen molar-refractivity contribution in [3.8, 4) is 0 Å². The van der Waals surface area contributed by atoms with E-state index in [1.807, 2.05) is 6.26 Å². The number of aliphatic carboxylic acids is 2. The van der Waals surface area contributed by atoms with Gasteiger partial charge in [0, 0.05) is 6.42 Å². The lowest BCUT2D eigenvalue weighted by Gasteiger charge is -2.25. The summed E-state index contributed by atoms with van der Waals surface area (Å²) < 4.78 is 0. The van der Waals surface area contributed by atoms with Crippen molar-refractivity contribution in [3.63, 3.8) is 0 Å². The number of carbonyl (C=O) groups excluding carboxylic acids is 4. The molecule has 0 saturated heterocycles. The third-order valence-corrected chi connectivity index (χ3v) is 5.50. The Morgan fingerprint density at radius 1 is 0.829 bits per heavy atom. The van der Waals surface area contributed by atoms with Crippen molar-refractivity contribution in [2.75, 3.05) is 18.6 Å². The minimum absolute atomic E-state index is 0.0674. The SMILES string of the molecule is CSCCC(N)C(=O)NC(CCC(N)=O)C(=O)NC(CCCCN)C(=O)NC(CC(=O)O)C(=O)O. The largest absolute Gasteiger partial charge is 0.481 e. The zero-order valence-corrected chi connectivity index (χ0v) is 20.5. The Hall–Kier alpha value is -2.91. The summed E-state index contributed by atoms with van der Waals surface area (Å²) in [7, 11) is 0. The van der Waals surface area contributed by atoms with Crippen LogP contribution in [0.15, 0.2) is 0 Å². The Bertz CT molecular complexity index is 753. The summed E-state index contributed by atoms with van der Waals surface area (Å²) >= 11 is 1.49. The van der Waals surface area contributed by atoms with Crippen LogP contribution in [0.1, 0.15) is 44.9 Å². The van der Waals surface area contributed by atoms with E-state index in [9.17, 15) is 33.9 Å². The van der Waals surface area contributed by atoms with E-state index >= 15 is 0 Å². The molecule has 0 aromatic heterocycles. The maximum absolute atomic E-state index is 12.9. The zero-order chi connectivity index (χ0) is 27.0. The Labute approximate surface area is 207 Å². The van der Waals surface area contributed by atoms with Gasteiger partial charge in [-0.2, -0.15) is 11.8 Å². The van der Waals surface area contributed by atoms with E-state index in [0.29, 0.717) is 31.6 Å². The van der Waals surface area contributed by atoms with E-state index in [2.05, 4.69) is 16.0 Å². The minimum Gasteiger partial charge on any atom is -0.481 e. The molecule has 0 aromatic carbocycles. The van der Waals surface area contributed by atoms with Crippen LogP contribution in [0.3, 0.4) is 0 Å². The molecule has 11 N–H and O–H groups in total. The van der Waals surface area contributed by atoms with Crippen LogP contribution in [0.25, 0.3) is 0 Å². The standard InChI is InChI=1S/C20H36N6O8S/c1-35-9-7-11(22)17(30)24-13(5-6-15(23)27)19(32)25-12(4-2-3-8-21)18(31)26-14(20(33)34)10-16(28)29/h11-14H,2-10,21-22H2,1H3,(H2,23,27)(H,24,30)(H,25,32)(H,26,31)(H,28,29)(H,33,34). The lowest BCUT2D eigenvalue weighted by atomic mass is 10.0. The number of nitrogens with two attached hydrogens (primary N) is 3. The monoisotopic (exact) mass is 520 g/mol. The molecule has 14 nitrogen and oxygen atoms in total. The molecule has 0 fully saturated rings. The van der Waals surface area contributed by atoms with Gasteiger partial charge in [0.05, 0.1) is 12.5 Å². The van der Waals surface area contributed by atoms with Crippen molar-refractivity contribution in [1.29, 1.82) is 0 Å². The number of nitrogens with one attached hydrogen (secondary N) is 3. The Balaban J connectivity index is 5.55. The van der Waals surface area contributed by atoms with Crippen molar-refractivity contribution in [1.82, 2.24) is 16.0 Å². The quantitative estimate of drug-likeness (QED) is 0.0824. The number of thioether (sulfide) groups is 1. The predicted octanol–water partition coefficient (Wildman–Crippen LogP) is -2.52. The Kier molecular flexibility index (Phi) is 16.1. The van der Waals surface area contributed by atoms with Crippen molar-refractivity contribution >= 4 is 47.3 Å². The molecule has 0 bridgehead atoms. The van der Waals surface area contributed by atoms with E-state index < -0.39 is 66.2 Å². The van der Waals surface area contributed by atoms with Crippen LogP contribution < -0.4 is 33.2 Å². The normalized spacial score (nSPS) is 14.1. The average molecular weight is 521 g/mol. The lowest BCUT2D eigenvalue weighted by molar-refractivity contribution is -0.147. The smallest absolute Gasteiger partial charge is 0.326 e. The number of carbonyl (C=O) groups is 6. The molecule has 4 amide bonds. The van der Waals surface area contributed by atoms with E-state index in [4.69, 9.17) is 22.3 Å². The first-order valence-electron chi connectivity index (χ1n) is 11.0. The molecule has 0 aromatic rings. The molecule has 0 spiro atoms. The Morgan fingerprint density at radius 3 is 1.86 bits per heavy atom. The molecule has 0 aliphatic carbocycles. The predicted molar refractivity (Wildman–Crippen MR) is 128 cm³/mol. The summed E-state index contributed by atoms with van der Waals surface area (Å²) in [6, 6.07) is -5.10. The molecule has 0 rings (SSSR count). The molecule has 0 heterocycles. The highest BCUT2D eigenvalue weighted by molar-refractivity contribution is 7.98. The van der Waals surface area contributed by atoms with Gasteiger partial charge in [-0.05, 0) is 50.7 Å². The van der Waals surface area contributed by atoms with Crippen LogP contribution in [-0.4, -0.2) is 88.5 Å². The number of unbranched alkanes of at least 4 members (excludes halogenated alkanes) is 1. The molecule has 15 heteroatoms. The van der Waals surface area contributed by atoms with Gasteiger partial charge in [-0.15, -0.1) is 0 Å². The summed E-state index contributed by atoms with van der Waals surface area (Å²) in [5.41, 5.74) is 16.5. The van der Waals surface area contributed by atoms with Gasteiger partial charge in [0.2, 0.25) is 23.6 Å². The first-order chi connectivity index (χ1) is 16.4. The minimum atomic E-state index is -1.71. The van der Waals surface area contributed by atoms with Gasteiger partial charge in [0.25, 0.3) is 0 Å². The van der Waals surface area contributed by atoms with E-state index in [-0.39, 0.29) is 19.3 Å². The number of hydrogen-bond donors (Lipinski definition) is 8. The molecule has 0 radical (unpaired) electrons. The third kappa shape index (κ3) is 14.2. The second-order valence-corrected chi connectivity index (χ2v) is 8.78. The van der Waals surface area contributed by atoms with E-state index in [0.717, 1.165) is 0 Å². The fraction of sp³-hybridized carbons (Fsp3) is 0.700. The summed E-state index contributed by atoms with van der Waals surface area (Å²) in [6.45, 7) is 0.310. The molecule has 0 aliphatic heterocycles. The summed E-state index contributed by atoms with van der Waals surface area (Å²) in [5, 5.41) is 25.1. The van der Waals surface area contributed by atoms with Crippen molar-refractivity contribution in [3.05, 3.63) is 0 Å². The van der Waals surface area contributed by atoms with E-state index in [1.54, 1.807) is 0 Å². The third-order valence-electron chi connectivity index (χ3n) is 4.86. The molecule has 0 saturated carbocycles. The average Bonchev–Trinajstić information content (AvgIpc) is 2.78. The van der Waals surface area contributed by atoms with Crippen LogP contribution in [0.2, 0.25) is 0 Å². The molecule has 0 aliphatic rings. The summed E-state index contributed by atoms with van der Waals surface area (Å²) in [6.07, 6.45) is 1.90. The second-order valence-electron chi connectivity index (χ2n) is 7.80. The van der Waals surface area contributed by atoms with Crippen LogP contribution in [-0.2, 0) is 28.8 Å². The molecule has 4 atom stereocenters. The van der Waals surface area contributed by atoms with Gasteiger partial charge in [0.15, 0.2) is 0 Å². The number of carboxylic acid groups (broad SMARTS) is 2. The number of primary amides is 1. The van der Waals surface area contributed by atoms with Gasteiger partial charge in [-0.3, -0.25) is 24.0 Å². The topological polar surface area (TPSA) is 257 Å². The first-order valence-corrected chi connectivity index (χ1v) is 12.4. The highest BCUT2D eigenvalue weighted by Gasteiger charge is 2.31. The number of carboxylic acids is 2. The van der Waals surface area contributed by atoms with Gasteiger partial charge in [0.1, 0.15) is 18.1 Å². The number of rotatable bonds is 19. The van der Waals surface area contributed by atoms with Gasteiger partial charge < -0.3 is 43.4 Å². The second kappa shape index (κ2) is 17.5. The fourth-order valence-corrected chi connectivity index (χ4v) is 3.38. The summed E-state index contributed by atoms with van der Waals surface area (Å²) in [4.78, 5) is 71.5. The number of amides is 4. The molecule has 35 heavy (non-hydrogen) atoms. The van der Waals surface area contributed by atoms with Gasteiger partial charge in [-0.25, -0.2) is 4.79 Å². The highest BCUT2D eigenvalue weighted by Crippen LogP contribution is 2.07. The van der Waals surface area contributed by atoms with Crippen LogP contribution in [0.5, 0.6) is 0 Å². The van der Waals surface area contributed by atoms with Gasteiger partial charge >= 0.3 is 11.9 Å². The zero-order valence-electron chi connectivity index (χ0n) is 19.7. The lowest BCUT2D eigenvalue weighted by Crippen LogP contribution is -2.57.